The Balaban J connectivity index is 0.000000146. The van der Waals surface area contributed by atoms with Crippen LogP contribution in [0.4, 0.5) is 25.8 Å². The summed E-state index contributed by atoms with van der Waals surface area (Å²) in [6, 6.07) is 15.9. The summed E-state index contributed by atoms with van der Waals surface area (Å²) in [6.07, 6.45) is 17.3. The second-order valence-corrected chi connectivity index (χ2v) is 29.9. The molecular formula is C71H76Br3Cl5N10O6. The molecule has 1 unspecified atom stereocenters. The minimum Gasteiger partial charge on any atom is -0.450 e. The van der Waals surface area contributed by atoms with Gasteiger partial charge in [-0.2, -0.15) is 0 Å². The van der Waals surface area contributed by atoms with E-state index < -0.39 is 0 Å². The smallest absolute Gasteiger partial charge is 0.409 e. The number of anilines is 2. The molecule has 6 aromatic rings. The molecule has 0 bridgehead atoms. The standard InChI is InChI=1S/C27H31BrCl2N4O2.C22H22BrCl2N3O2.C22H23BrClN3O2/c28-20-12-19-2-1-18-13-21(29)14-22(30)24(18)25(26(19)32-15-20)17-5-9-33(10-6-17)23(35)11-16-3-7-34(8-4-16)27(31)36;1-2-30-22(29)28-7-5-12(6-8-28)18-17-13(10-16(24)20(26)19(17)25)3-4-14-9-15(23)11-27-21(14)18;1-2-29-22(28)27-7-5-13(6-8-27)20-17-11-19(25)18(24)10-14(17)3-4-15-9-16(23)12-26-21(15)20/h12-17,25H,1-11H2,(H2,31,36);9-11H,2-8,26H2,1H3;9-12H,2-8,25H2,1H3. The highest BCUT2D eigenvalue weighted by Crippen LogP contribution is 2.49. The van der Waals surface area contributed by atoms with Gasteiger partial charge < -0.3 is 46.3 Å². The molecule has 4 fully saturated rings. The number of nitrogens with zero attached hydrogens (tertiary/aromatic N) is 7. The Morgan fingerprint density at radius 3 is 1.60 bits per heavy atom. The number of ether oxygens (including phenoxy) is 2. The summed E-state index contributed by atoms with van der Waals surface area (Å²) in [7, 11) is 0. The normalized spacial score (nSPS) is 18.0. The van der Waals surface area contributed by atoms with E-state index in [0.29, 0.717) is 107 Å². The van der Waals surface area contributed by atoms with Crippen molar-refractivity contribution in [1.29, 1.82) is 0 Å². The number of halogens is 8. The number of amides is 5. The second kappa shape index (κ2) is 31.5. The van der Waals surface area contributed by atoms with Crippen molar-refractivity contribution in [3.63, 3.8) is 0 Å². The third kappa shape index (κ3) is 16.1. The number of piperidine rings is 4. The number of aryl methyl sites for hydroxylation is 6. The summed E-state index contributed by atoms with van der Waals surface area (Å²) in [5.41, 5.74) is 36.7. The predicted molar refractivity (Wildman–Crippen MR) is 389 cm³/mol. The highest BCUT2D eigenvalue weighted by Gasteiger charge is 2.38. The zero-order valence-electron chi connectivity index (χ0n) is 53.1. The number of carbonyl (C=O) groups is 4. The number of rotatable bonds is 5. The molecule has 502 valence electrons. The van der Waals surface area contributed by atoms with Gasteiger partial charge in [-0.3, -0.25) is 19.7 Å². The van der Waals surface area contributed by atoms with Crippen LogP contribution in [-0.2, 0) is 52.8 Å². The summed E-state index contributed by atoms with van der Waals surface area (Å²) < 4.78 is 13.2. The first-order chi connectivity index (χ1) is 45.7. The molecule has 4 aliphatic heterocycles. The zero-order chi connectivity index (χ0) is 67.4. The Morgan fingerprint density at radius 1 is 0.526 bits per heavy atom. The summed E-state index contributed by atoms with van der Waals surface area (Å²) in [5, 5.41) is 2.91. The number of nitrogen functional groups attached to an aromatic ring is 2. The lowest BCUT2D eigenvalue weighted by atomic mass is 9.76. The Hall–Kier alpha value is -5.64. The van der Waals surface area contributed by atoms with Crippen LogP contribution in [-0.4, -0.2) is 124 Å². The fraction of sp³-hybridized carbons (Fsp3) is 0.423. The molecular weight excluding hydrogens is 1510 g/mol. The van der Waals surface area contributed by atoms with Crippen LogP contribution >= 0.6 is 106 Å². The molecule has 5 amide bonds. The summed E-state index contributed by atoms with van der Waals surface area (Å²) in [6.45, 7) is 9.65. The quantitative estimate of drug-likeness (QED) is 0.138. The van der Waals surface area contributed by atoms with Gasteiger partial charge in [0.25, 0.3) is 0 Å². The highest BCUT2D eigenvalue weighted by molar-refractivity contribution is 9.11. The molecule has 0 saturated carbocycles. The number of urea groups is 1. The largest absolute Gasteiger partial charge is 0.450 e. The van der Waals surface area contributed by atoms with E-state index in [2.05, 4.69) is 72.1 Å². The molecule has 6 N–H and O–H groups in total. The highest BCUT2D eigenvalue weighted by atomic mass is 79.9. The van der Waals surface area contributed by atoms with Gasteiger partial charge in [0.1, 0.15) is 0 Å². The molecule has 13 rings (SSSR count). The number of aromatic nitrogens is 3. The molecule has 3 aromatic carbocycles. The van der Waals surface area contributed by atoms with Gasteiger partial charge in [0.15, 0.2) is 0 Å². The van der Waals surface area contributed by atoms with Crippen LogP contribution in [0.5, 0.6) is 0 Å². The van der Waals surface area contributed by atoms with Crippen molar-refractivity contribution in [1.82, 2.24) is 34.6 Å². The number of benzene rings is 3. The number of likely N-dealkylation sites (tertiary alicyclic amines) is 4. The maximum atomic E-state index is 13.1. The second-order valence-electron chi connectivity index (χ2n) is 25.1. The van der Waals surface area contributed by atoms with Crippen molar-refractivity contribution >= 4 is 152 Å². The first-order valence-corrected chi connectivity index (χ1v) is 36.8. The number of hydrogen-bond donors (Lipinski definition) is 3. The third-order valence-electron chi connectivity index (χ3n) is 19.4. The molecule has 7 aliphatic rings. The van der Waals surface area contributed by atoms with Crippen molar-refractivity contribution < 1.29 is 28.7 Å². The van der Waals surface area contributed by atoms with Crippen LogP contribution in [0.1, 0.15) is 145 Å². The van der Waals surface area contributed by atoms with Gasteiger partial charge in [0, 0.05) is 123 Å². The number of nitrogens with two attached hydrogens (primary N) is 3. The summed E-state index contributed by atoms with van der Waals surface area (Å²) in [5.74, 6) is 0.971. The maximum absolute atomic E-state index is 13.1. The molecule has 0 spiro atoms. The topological polar surface area (TPSA) is 216 Å². The van der Waals surface area contributed by atoms with Crippen LogP contribution < -0.4 is 17.2 Å². The van der Waals surface area contributed by atoms with Crippen molar-refractivity contribution in [2.24, 2.45) is 17.6 Å². The van der Waals surface area contributed by atoms with Crippen LogP contribution in [0.15, 0.2) is 91.7 Å². The lowest BCUT2D eigenvalue weighted by Crippen LogP contribution is -2.44. The van der Waals surface area contributed by atoms with Crippen LogP contribution in [0.3, 0.4) is 0 Å². The van der Waals surface area contributed by atoms with Crippen molar-refractivity contribution in [3.05, 3.63) is 184 Å². The van der Waals surface area contributed by atoms with Gasteiger partial charge in [-0.05, 0) is 256 Å². The van der Waals surface area contributed by atoms with Gasteiger partial charge in [-0.25, -0.2) is 14.4 Å². The first-order valence-electron chi connectivity index (χ1n) is 32.5. The molecule has 24 heteroatoms. The zero-order valence-corrected chi connectivity index (χ0v) is 61.6. The molecule has 4 saturated heterocycles. The van der Waals surface area contributed by atoms with Crippen molar-refractivity contribution in [2.75, 3.05) is 77.0 Å². The van der Waals surface area contributed by atoms with Gasteiger partial charge in [-0.1, -0.05) is 69.2 Å². The van der Waals surface area contributed by atoms with Crippen molar-refractivity contribution in [3.8, 4) is 0 Å². The van der Waals surface area contributed by atoms with Gasteiger partial charge in [0.2, 0.25) is 5.91 Å². The Morgan fingerprint density at radius 2 is 1.02 bits per heavy atom. The van der Waals surface area contributed by atoms with Crippen LogP contribution in [0.2, 0.25) is 25.1 Å². The average Bonchev–Trinajstić information content (AvgIpc) is 1.74. The summed E-state index contributed by atoms with van der Waals surface area (Å²) in [4.78, 5) is 70.4. The van der Waals surface area contributed by atoms with E-state index >= 15 is 0 Å². The lowest BCUT2D eigenvalue weighted by Gasteiger charge is -2.38. The van der Waals surface area contributed by atoms with Gasteiger partial charge in [-0.15, -0.1) is 0 Å². The van der Waals surface area contributed by atoms with Crippen molar-refractivity contribution in [2.45, 2.75) is 116 Å². The van der Waals surface area contributed by atoms with E-state index in [1.807, 2.05) is 61.6 Å². The van der Waals surface area contributed by atoms with E-state index in [1.54, 1.807) is 14.7 Å². The van der Waals surface area contributed by atoms with E-state index in [9.17, 15) is 19.2 Å². The first kappa shape index (κ1) is 70.7. The van der Waals surface area contributed by atoms with Crippen LogP contribution in [0, 0.1) is 11.8 Å². The average molecular weight is 1580 g/mol. The van der Waals surface area contributed by atoms with E-state index in [4.69, 9.17) is 99.6 Å². The van der Waals surface area contributed by atoms with E-state index in [0.717, 1.165) is 172 Å². The Labute approximate surface area is 605 Å². The molecule has 1 atom stereocenters. The monoisotopic (exact) mass is 1580 g/mol. The molecule has 0 radical (unpaired) electrons. The van der Waals surface area contributed by atoms with E-state index in [-0.39, 0.29) is 30.0 Å². The van der Waals surface area contributed by atoms with Gasteiger partial charge in [0.05, 0.1) is 56.7 Å². The minimum atomic E-state index is -0.368. The molecule has 3 aromatic heterocycles. The fourth-order valence-electron chi connectivity index (χ4n) is 14.6. The number of primary amides is 1. The lowest BCUT2D eigenvalue weighted by molar-refractivity contribution is -0.134. The number of pyridine rings is 3. The maximum Gasteiger partial charge on any atom is 0.409 e. The number of fused-ring (bicyclic) bond motifs is 6. The van der Waals surface area contributed by atoms with E-state index in [1.165, 1.54) is 33.4 Å². The molecule has 7 heterocycles. The van der Waals surface area contributed by atoms with Crippen LogP contribution in [0.25, 0.3) is 11.1 Å². The molecule has 16 nitrogen and oxygen atoms in total. The molecule has 95 heavy (non-hydrogen) atoms. The minimum absolute atomic E-state index is 0.0887. The molecule has 3 aliphatic carbocycles. The fourth-order valence-corrected chi connectivity index (χ4v) is 17.2. The Bertz CT molecular complexity index is 4010. The summed E-state index contributed by atoms with van der Waals surface area (Å²) >= 11 is 43.3. The Kier molecular flexibility index (Phi) is 23.4. The SMILES string of the molecule is CCOC(=O)N1CCC(=C2c3cc(N)c(Cl)cc3CCc3cc(Br)cnc32)CC1.CCOC(=O)N1CCC(=C2c3ncc(Br)cc3CCc3cc(Cl)c(N)c(Cl)c32)CC1.NC(=O)N1CCC(CC(=O)N2CCC(C3c4ncc(Br)cc4CCc4cc(Cl)cc(Cl)c43)CC2)CC1. The third-order valence-corrected chi connectivity index (χ3v) is 22.3. The van der Waals surface area contributed by atoms with Gasteiger partial charge >= 0.3 is 18.2 Å². The number of hydrogen-bond acceptors (Lipinski definition) is 11. The predicted octanol–water partition coefficient (Wildman–Crippen LogP) is 16.9. The number of carbonyl (C=O) groups excluding carboxylic acids is 4.